The van der Waals surface area contributed by atoms with E-state index in [2.05, 4.69) is 42.5 Å². The van der Waals surface area contributed by atoms with E-state index in [1.807, 2.05) is 11.8 Å². The minimum Gasteiger partial charge on any atom is -0.481 e. The molecule has 2 atom stereocenters. The van der Waals surface area contributed by atoms with Gasteiger partial charge in [-0.05, 0) is 80.1 Å². The number of carboxylic acid groups (broad SMARTS) is 1. The van der Waals surface area contributed by atoms with Crippen LogP contribution in [0.25, 0.3) is 22.0 Å². The second-order valence-corrected chi connectivity index (χ2v) is 21.1. The number of fused-ring (bicyclic) bond motifs is 2. The summed E-state index contributed by atoms with van der Waals surface area (Å²) >= 11 is 9.42. The molecule has 1 fully saturated rings. The molecule has 5 aromatic rings. The number of aryl methyl sites for hydroxylation is 1. The number of alkyl halides is 8. The molecule has 1 saturated heterocycles. The predicted octanol–water partition coefficient (Wildman–Crippen LogP) is 11.9. The maximum Gasteiger partial charge on any atom is 0.435 e. The van der Waals surface area contributed by atoms with E-state index in [0.29, 0.717) is 21.2 Å². The van der Waals surface area contributed by atoms with Crippen molar-refractivity contribution in [1.82, 2.24) is 34.8 Å². The number of nitrogens with one attached hydrogen (secondary N) is 1. The van der Waals surface area contributed by atoms with Gasteiger partial charge in [0.2, 0.25) is 5.91 Å². The average Bonchev–Trinajstić information content (AvgIpc) is 3.91. The van der Waals surface area contributed by atoms with Crippen molar-refractivity contribution >= 4 is 69.9 Å². The Morgan fingerprint density at radius 3 is 2.10 bits per heavy atom. The quantitative estimate of drug-likeness (QED) is 0.0923. The maximum absolute atomic E-state index is 15.4. The highest BCUT2D eigenvalue weighted by Gasteiger charge is 2.54. The van der Waals surface area contributed by atoms with E-state index in [9.17, 15) is 54.6 Å². The van der Waals surface area contributed by atoms with E-state index >= 15 is 8.78 Å². The summed E-state index contributed by atoms with van der Waals surface area (Å²) < 4.78 is 148. The zero-order valence-corrected chi connectivity index (χ0v) is 42.3. The third kappa shape index (κ3) is 12.6. The molecule has 2 aliphatic rings. The molecule has 3 aromatic heterocycles. The minimum absolute atomic E-state index is 0.00313. The summed E-state index contributed by atoms with van der Waals surface area (Å²) in [5.74, 6) is -10.7. The number of hydrogen-bond acceptors (Lipinski definition) is 8. The highest BCUT2D eigenvalue weighted by atomic mass is 35.5. The van der Waals surface area contributed by atoms with Gasteiger partial charge in [0.1, 0.15) is 30.4 Å². The Balaban J connectivity index is 0.00000133. The van der Waals surface area contributed by atoms with Crippen LogP contribution in [0.3, 0.4) is 0 Å². The lowest BCUT2D eigenvalue weighted by Gasteiger charge is -2.33. The molecule has 0 bridgehead atoms. The lowest BCUT2D eigenvalue weighted by atomic mass is 9.93. The van der Waals surface area contributed by atoms with Gasteiger partial charge in [-0.3, -0.25) is 23.9 Å². The fraction of sp³-hybridized carbons (Fsp3) is 0.489. The third-order valence-electron chi connectivity index (χ3n) is 12.1. The number of anilines is 1. The standard InChI is InChI=1S/C42H39ClF10N8O4S.C5H12S/c1-4-25-5-6-26(27-7-8-29(43)32-34(27)60(19-40(46,47)48)57-37(32)61(66-3)39(65)58-11-9-22(10-12-58)38(63)64)33(54-25)30(16-21-14-23(44)17-24(45)15-21)55-31(62)18-59-36-28(13-20(2)41(36,49)50)35(56-59)42(51,52)53;1-5(2,3)6-4/h5-8,14-15,17,20,22,30H,4,9-13,16,18-19H2,1-3H3,(H,55,62)(H,63,64);1-4H3/t20-,30?;/m1./s1. The number of aromatic nitrogens is 5. The van der Waals surface area contributed by atoms with Crippen molar-refractivity contribution in [2.45, 2.75) is 109 Å². The summed E-state index contributed by atoms with van der Waals surface area (Å²) in [6.07, 6.45) is -7.19. The molecule has 2 aromatic carbocycles. The molecule has 392 valence electrons. The van der Waals surface area contributed by atoms with E-state index in [0.717, 1.165) is 35.3 Å². The Kier molecular flexibility index (Phi) is 16.9. The number of nitrogens with zero attached hydrogens (tertiary/aromatic N) is 7. The van der Waals surface area contributed by atoms with Crippen molar-refractivity contribution in [3.8, 4) is 11.1 Å². The van der Waals surface area contributed by atoms with E-state index < -0.39 is 109 Å². The van der Waals surface area contributed by atoms with Crippen molar-refractivity contribution in [1.29, 1.82) is 0 Å². The number of likely N-dealkylation sites (tertiary alicyclic amines) is 1. The van der Waals surface area contributed by atoms with E-state index in [-0.39, 0.29) is 81.2 Å². The van der Waals surface area contributed by atoms with Crippen LogP contribution in [0.5, 0.6) is 0 Å². The van der Waals surface area contributed by atoms with Crippen LogP contribution in [-0.4, -0.2) is 89.0 Å². The summed E-state index contributed by atoms with van der Waals surface area (Å²) in [5, 5.41) is 19.4. The Morgan fingerprint density at radius 2 is 1.56 bits per heavy atom. The van der Waals surface area contributed by atoms with Gasteiger partial charge in [0.15, 0.2) is 11.5 Å². The monoisotopic (exact) mass is 1080 g/mol. The molecule has 1 unspecified atom stereocenters. The van der Waals surface area contributed by atoms with Gasteiger partial charge in [-0.1, -0.05) is 58.4 Å². The first kappa shape index (κ1) is 56.1. The number of carbonyl (C=O) groups excluding carboxylic acids is 2. The van der Waals surface area contributed by atoms with Gasteiger partial charge in [0.25, 0.3) is 5.92 Å². The van der Waals surface area contributed by atoms with Gasteiger partial charge >= 0.3 is 24.4 Å². The van der Waals surface area contributed by atoms with Crippen LogP contribution >= 0.6 is 35.3 Å². The van der Waals surface area contributed by atoms with Crippen molar-refractivity contribution in [2.75, 3.05) is 29.9 Å². The fourth-order valence-electron chi connectivity index (χ4n) is 8.45. The number of benzene rings is 2. The van der Waals surface area contributed by atoms with Gasteiger partial charge in [-0.25, -0.2) is 17.9 Å². The zero-order chi connectivity index (χ0) is 53.4. The smallest absolute Gasteiger partial charge is 0.435 e. The van der Waals surface area contributed by atoms with E-state index in [4.69, 9.17) is 16.6 Å². The summed E-state index contributed by atoms with van der Waals surface area (Å²) in [6.45, 7) is 6.50. The highest BCUT2D eigenvalue weighted by molar-refractivity contribution is 8.00. The second-order valence-electron chi connectivity index (χ2n) is 18.3. The number of piperidine rings is 1. The highest BCUT2D eigenvalue weighted by Crippen LogP contribution is 2.50. The topological polar surface area (TPSA) is 138 Å². The normalized spacial score (nSPS) is 16.6. The third-order valence-corrected chi connectivity index (χ3v) is 14.4. The van der Waals surface area contributed by atoms with Gasteiger partial charge in [0, 0.05) is 58.5 Å². The first-order valence-corrected chi connectivity index (χ1v) is 25.2. The molecule has 0 radical (unpaired) electrons. The number of thioether (sulfide) groups is 1. The molecule has 2 N–H and O–H groups in total. The number of hydrogen-bond donors (Lipinski definition) is 2. The van der Waals surface area contributed by atoms with Crippen LogP contribution in [0.2, 0.25) is 5.02 Å². The molecule has 12 nitrogen and oxygen atoms in total. The average molecular weight is 1080 g/mol. The van der Waals surface area contributed by atoms with Crippen LogP contribution in [0.1, 0.15) is 87.4 Å². The molecule has 3 amide bonds. The van der Waals surface area contributed by atoms with Gasteiger partial charge in [0.05, 0.1) is 33.6 Å². The number of halogens is 11. The van der Waals surface area contributed by atoms with Gasteiger partial charge in [-0.2, -0.15) is 57.1 Å². The van der Waals surface area contributed by atoms with E-state index in [1.165, 1.54) is 35.4 Å². The summed E-state index contributed by atoms with van der Waals surface area (Å²) in [4.78, 5) is 45.6. The van der Waals surface area contributed by atoms with Crippen molar-refractivity contribution < 1.29 is 63.4 Å². The number of rotatable bonds is 12. The summed E-state index contributed by atoms with van der Waals surface area (Å²) in [5.41, 5.74) is -3.66. The van der Waals surface area contributed by atoms with Crippen LogP contribution in [0.15, 0.2) is 42.5 Å². The number of pyridine rings is 1. The van der Waals surface area contributed by atoms with Crippen LogP contribution in [-0.2, 0) is 54.0 Å². The fourth-order valence-corrected chi connectivity index (χ4v) is 9.26. The molecule has 1 aliphatic carbocycles. The summed E-state index contributed by atoms with van der Waals surface area (Å²) in [6, 6.07) is 5.79. The number of amides is 3. The lowest BCUT2D eigenvalue weighted by molar-refractivity contribution is -0.143. The van der Waals surface area contributed by atoms with Crippen molar-refractivity contribution in [3.63, 3.8) is 0 Å². The number of carbonyl (C=O) groups is 3. The molecule has 72 heavy (non-hydrogen) atoms. The molecule has 7 rings (SSSR count). The maximum atomic E-state index is 15.4. The number of carboxylic acids is 1. The van der Waals surface area contributed by atoms with Crippen molar-refractivity contribution in [3.05, 3.63) is 93.0 Å². The molecule has 25 heteroatoms. The first-order valence-electron chi connectivity index (χ1n) is 22.4. The zero-order valence-electron chi connectivity index (χ0n) is 39.9. The van der Waals surface area contributed by atoms with Gasteiger partial charge < -0.3 is 15.3 Å². The van der Waals surface area contributed by atoms with E-state index in [1.54, 1.807) is 6.92 Å². The minimum atomic E-state index is -5.16. The molecule has 0 saturated carbocycles. The second kappa shape index (κ2) is 21.7. The number of urea groups is 1. The predicted molar refractivity (Wildman–Crippen MR) is 255 cm³/mol. The van der Waals surface area contributed by atoms with Crippen LogP contribution in [0, 0.1) is 23.5 Å². The van der Waals surface area contributed by atoms with Crippen molar-refractivity contribution in [2.24, 2.45) is 11.8 Å². The number of aliphatic carboxylic acids is 1. The molecule has 4 heterocycles. The summed E-state index contributed by atoms with van der Waals surface area (Å²) in [7, 11) is 0. The van der Waals surface area contributed by atoms with Crippen LogP contribution < -0.4 is 9.62 Å². The SMILES string of the molecule is CCc1ccc(-c2ccc(Cl)c3c(N(SC)C(=O)N4CCC(C(=O)O)CC4)nn(CC(F)(F)F)c23)c(C(Cc2cc(F)cc(F)c2)NC(=O)Cn2nc(C(F)(F)F)c3c2C(F)(F)[C@H](C)C3)n1.CSC(C)(C)C. The Labute approximate surface area is 421 Å². The van der Waals surface area contributed by atoms with Gasteiger partial charge in [-0.15, -0.1) is 0 Å². The Bertz CT molecular complexity index is 2810. The molecule has 1 aliphatic heterocycles. The largest absolute Gasteiger partial charge is 0.481 e. The molecular weight excluding hydrogens is 1030 g/mol. The lowest BCUT2D eigenvalue weighted by Crippen LogP contribution is -2.45. The van der Waals surface area contributed by atoms with Crippen LogP contribution in [0.4, 0.5) is 54.5 Å². The Hall–Kier alpha value is -5.23. The first-order chi connectivity index (χ1) is 33.5. The molecular formula is C47H51ClF10N8O4S2. The Morgan fingerprint density at radius 1 is 0.944 bits per heavy atom. The molecule has 0 spiro atoms.